The number of rotatable bonds is 16. The summed E-state index contributed by atoms with van der Waals surface area (Å²) in [6, 6.07) is 64.6. The summed E-state index contributed by atoms with van der Waals surface area (Å²) >= 11 is 0. The number of nitriles is 1. The standard InChI is InChI=1S/C55H49N3O3S/c1-60-51-32-24-45(25-33-51)54(46-26-34-52(61-2)35-27-46)53(43-12-7-5-8-13-43)44-20-18-41(19-21-44)42-22-30-50(31-23-42)58(48-14-9-6-10-15-48)49-28-16-40(17-29-49)38-47(39-56)55(59)57-36-11-37-62(3)4/h5-10,12-35,38H,11,36-37H2,1-4H3/p+1/b47-38+. The van der Waals surface area contributed by atoms with Crippen LogP contribution in [-0.2, 0) is 15.7 Å². The molecule has 1 amide bonds. The van der Waals surface area contributed by atoms with Crippen LogP contribution >= 0.6 is 0 Å². The van der Waals surface area contributed by atoms with Crippen molar-refractivity contribution in [3.05, 3.63) is 215 Å². The number of benzene rings is 7. The third-order valence-corrected chi connectivity index (χ3v) is 11.7. The number of ether oxygens (including phenoxy) is 2. The van der Waals surface area contributed by atoms with Gasteiger partial charge in [0.15, 0.2) is 0 Å². The van der Waals surface area contributed by atoms with Gasteiger partial charge in [0, 0.05) is 30.0 Å². The maximum atomic E-state index is 12.8. The van der Waals surface area contributed by atoms with E-state index in [1.54, 1.807) is 20.3 Å². The summed E-state index contributed by atoms with van der Waals surface area (Å²) in [7, 11) is 3.69. The number of hydrogen-bond donors (Lipinski definition) is 1. The van der Waals surface area contributed by atoms with Crippen LogP contribution in [0, 0.1) is 11.3 Å². The van der Waals surface area contributed by atoms with Crippen molar-refractivity contribution in [3.8, 4) is 28.7 Å². The van der Waals surface area contributed by atoms with Gasteiger partial charge in [-0.1, -0.05) is 121 Å². The minimum Gasteiger partial charge on any atom is -0.497 e. The first-order valence-electron chi connectivity index (χ1n) is 20.5. The van der Waals surface area contributed by atoms with Gasteiger partial charge in [0.05, 0.1) is 26.7 Å². The quantitative estimate of drug-likeness (QED) is 0.0345. The Balaban J connectivity index is 1.19. The number of nitrogens with zero attached hydrogens (tertiary/aromatic N) is 2. The van der Waals surface area contributed by atoms with E-state index in [2.05, 4.69) is 138 Å². The number of carbonyl (C=O) groups is 1. The summed E-state index contributed by atoms with van der Waals surface area (Å²) in [6.45, 7) is 0.558. The van der Waals surface area contributed by atoms with Crippen LogP contribution in [0.1, 0.15) is 34.2 Å². The van der Waals surface area contributed by atoms with Crippen LogP contribution in [0.2, 0.25) is 0 Å². The Kier molecular flexibility index (Phi) is 14.4. The second-order valence-corrected chi connectivity index (χ2v) is 17.3. The van der Waals surface area contributed by atoms with Gasteiger partial charge in [-0.15, -0.1) is 0 Å². The van der Waals surface area contributed by atoms with Crippen LogP contribution in [0.5, 0.6) is 11.5 Å². The molecule has 6 nitrogen and oxygen atoms in total. The molecular formula is C55H50N3O3S+. The van der Waals surface area contributed by atoms with Crippen molar-refractivity contribution in [2.75, 3.05) is 43.9 Å². The Morgan fingerprint density at radius 3 is 1.47 bits per heavy atom. The van der Waals surface area contributed by atoms with E-state index < -0.39 is 0 Å². The minimum atomic E-state index is -0.343. The number of amides is 1. The first kappa shape index (κ1) is 42.8. The fourth-order valence-corrected chi connectivity index (χ4v) is 8.10. The summed E-state index contributed by atoms with van der Waals surface area (Å²) in [5, 5.41) is 12.7. The number of anilines is 3. The Morgan fingerprint density at radius 1 is 0.581 bits per heavy atom. The lowest BCUT2D eigenvalue weighted by atomic mass is 9.85. The average molecular weight is 833 g/mol. The van der Waals surface area contributed by atoms with Crippen LogP contribution in [0.3, 0.4) is 0 Å². The normalized spacial score (nSPS) is 11.1. The number of nitrogens with one attached hydrogen (secondary N) is 1. The van der Waals surface area contributed by atoms with E-state index in [0.717, 1.165) is 90.8 Å². The van der Waals surface area contributed by atoms with Gasteiger partial charge in [-0.2, -0.15) is 5.26 Å². The van der Waals surface area contributed by atoms with Gasteiger partial charge in [0.2, 0.25) is 0 Å². The molecule has 1 N–H and O–H groups in total. The maximum absolute atomic E-state index is 12.8. The highest BCUT2D eigenvalue weighted by atomic mass is 32.2. The van der Waals surface area contributed by atoms with Gasteiger partial charge >= 0.3 is 0 Å². The van der Waals surface area contributed by atoms with Crippen molar-refractivity contribution in [3.63, 3.8) is 0 Å². The van der Waals surface area contributed by atoms with E-state index in [1.165, 1.54) is 0 Å². The van der Waals surface area contributed by atoms with Crippen molar-refractivity contribution in [1.29, 1.82) is 5.26 Å². The van der Waals surface area contributed by atoms with E-state index in [1.807, 2.05) is 72.8 Å². The van der Waals surface area contributed by atoms with Gasteiger partial charge in [-0.05, 0) is 128 Å². The molecule has 7 rings (SSSR count). The topological polar surface area (TPSA) is 74.6 Å². The Hall–Kier alpha value is -7.27. The molecule has 0 saturated heterocycles. The highest BCUT2D eigenvalue weighted by molar-refractivity contribution is 7.95. The van der Waals surface area contributed by atoms with E-state index in [9.17, 15) is 10.1 Å². The van der Waals surface area contributed by atoms with Crippen molar-refractivity contribution in [1.82, 2.24) is 5.32 Å². The molecule has 0 atom stereocenters. The highest BCUT2D eigenvalue weighted by Crippen LogP contribution is 2.40. The first-order valence-corrected chi connectivity index (χ1v) is 22.7. The van der Waals surface area contributed by atoms with Gasteiger partial charge in [0.1, 0.15) is 28.9 Å². The minimum absolute atomic E-state index is 0.0931. The van der Waals surface area contributed by atoms with Gasteiger partial charge in [0.25, 0.3) is 5.91 Å². The van der Waals surface area contributed by atoms with E-state index in [0.29, 0.717) is 17.4 Å². The van der Waals surface area contributed by atoms with Crippen LogP contribution in [-0.4, -0.2) is 44.9 Å². The van der Waals surface area contributed by atoms with Crippen molar-refractivity contribution < 1.29 is 14.3 Å². The highest BCUT2D eigenvalue weighted by Gasteiger charge is 2.18. The van der Waals surface area contributed by atoms with E-state index in [-0.39, 0.29) is 11.5 Å². The summed E-state index contributed by atoms with van der Waals surface area (Å²) in [5.41, 5.74) is 12.6. The van der Waals surface area contributed by atoms with Crippen LogP contribution in [0.4, 0.5) is 17.1 Å². The first-order chi connectivity index (χ1) is 30.3. The summed E-state index contributed by atoms with van der Waals surface area (Å²) in [6.07, 6.45) is 6.91. The molecule has 0 unspecified atom stereocenters. The predicted octanol–water partition coefficient (Wildman–Crippen LogP) is 12.1. The Morgan fingerprint density at radius 2 is 1.00 bits per heavy atom. The average Bonchev–Trinajstić information content (AvgIpc) is 3.33. The monoisotopic (exact) mass is 832 g/mol. The van der Waals surface area contributed by atoms with Gasteiger partial charge in [-0.25, -0.2) is 0 Å². The summed E-state index contributed by atoms with van der Waals surface area (Å²) in [4.78, 5) is 15.0. The van der Waals surface area contributed by atoms with E-state index >= 15 is 0 Å². The molecular weight excluding hydrogens is 783 g/mol. The molecule has 62 heavy (non-hydrogen) atoms. The molecule has 0 aliphatic rings. The SMILES string of the molecule is COc1ccc(C(=C(c2ccccc2)c2ccc(-c3ccc(N(c4ccccc4)c4ccc(/C=C(\C#N)C(=O)NCCC[S+](C)C)cc4)cc3)cc2)c2ccc(OC)cc2)cc1. The lowest BCUT2D eigenvalue weighted by Crippen LogP contribution is -2.26. The summed E-state index contributed by atoms with van der Waals surface area (Å²) < 4.78 is 11.0. The fraction of sp³-hybridized carbons (Fsp3) is 0.127. The molecule has 0 aromatic heterocycles. The van der Waals surface area contributed by atoms with Gasteiger partial charge in [-0.3, -0.25) is 4.79 Å². The second-order valence-electron chi connectivity index (χ2n) is 14.9. The van der Waals surface area contributed by atoms with Gasteiger partial charge < -0.3 is 19.7 Å². The smallest absolute Gasteiger partial charge is 0.261 e. The molecule has 0 saturated carbocycles. The molecule has 7 aromatic carbocycles. The number of hydrogen-bond acceptors (Lipinski definition) is 5. The van der Waals surface area contributed by atoms with Crippen molar-refractivity contribution >= 4 is 51.1 Å². The number of methoxy groups -OCH3 is 2. The zero-order chi connectivity index (χ0) is 43.3. The molecule has 0 heterocycles. The van der Waals surface area contributed by atoms with Crippen molar-refractivity contribution in [2.24, 2.45) is 0 Å². The zero-order valence-electron chi connectivity index (χ0n) is 35.5. The Bertz CT molecular complexity index is 2600. The largest absolute Gasteiger partial charge is 0.497 e. The summed E-state index contributed by atoms with van der Waals surface area (Å²) in [5.74, 6) is 2.31. The predicted molar refractivity (Wildman–Crippen MR) is 259 cm³/mol. The van der Waals surface area contributed by atoms with Crippen LogP contribution in [0.25, 0.3) is 28.3 Å². The molecule has 0 fully saturated rings. The van der Waals surface area contributed by atoms with Crippen LogP contribution < -0.4 is 19.7 Å². The lowest BCUT2D eigenvalue weighted by molar-refractivity contribution is -0.117. The molecule has 308 valence electrons. The van der Waals surface area contributed by atoms with Crippen LogP contribution in [0.15, 0.2) is 188 Å². The third kappa shape index (κ3) is 10.5. The molecule has 0 bridgehead atoms. The number of carbonyl (C=O) groups excluding carboxylic acids is 1. The Labute approximate surface area is 368 Å². The maximum Gasteiger partial charge on any atom is 0.261 e. The van der Waals surface area contributed by atoms with Crippen molar-refractivity contribution in [2.45, 2.75) is 6.42 Å². The molecule has 0 aliphatic heterocycles. The molecule has 0 spiro atoms. The second kappa shape index (κ2) is 20.8. The third-order valence-electron chi connectivity index (χ3n) is 10.6. The molecule has 7 heteroatoms. The zero-order valence-corrected chi connectivity index (χ0v) is 36.4. The van der Waals surface area contributed by atoms with E-state index in [4.69, 9.17) is 9.47 Å². The molecule has 0 aliphatic carbocycles. The molecule has 0 radical (unpaired) electrons. The fourth-order valence-electron chi connectivity index (χ4n) is 7.38. The lowest BCUT2D eigenvalue weighted by Gasteiger charge is -2.25. The molecule has 7 aromatic rings. The number of para-hydroxylation sites is 1.